The van der Waals surface area contributed by atoms with Crippen LogP contribution in [0.3, 0.4) is 0 Å². The van der Waals surface area contributed by atoms with Crippen LogP contribution in [0.15, 0.2) is 60.7 Å². The normalized spacial score (nSPS) is 16.4. The Bertz CT molecular complexity index is 1410. The molecular weight excluding hydrogens is 497 g/mol. The molecule has 5 rings (SSSR count). The number of halogens is 2. The fourth-order valence-electron chi connectivity index (χ4n) is 4.80. The molecule has 1 saturated carbocycles. The van der Waals surface area contributed by atoms with E-state index in [0.717, 1.165) is 17.7 Å². The summed E-state index contributed by atoms with van der Waals surface area (Å²) < 4.78 is 21.1. The highest BCUT2D eigenvalue weighted by Crippen LogP contribution is 2.48. The third-order valence-corrected chi connectivity index (χ3v) is 7.35. The predicted molar refractivity (Wildman–Crippen MR) is 143 cm³/mol. The average molecular weight is 520 g/mol. The number of anilines is 2. The second-order valence-electron chi connectivity index (χ2n) is 9.27. The Balaban J connectivity index is 1.49. The summed E-state index contributed by atoms with van der Waals surface area (Å²) in [5.41, 5.74) is 1.66. The molecule has 1 aliphatic carbocycles. The molecule has 0 N–H and O–H groups in total. The lowest BCUT2D eigenvalue weighted by molar-refractivity contribution is -0.123. The number of hydrogen-bond donors (Lipinski definition) is 0. The van der Waals surface area contributed by atoms with Gasteiger partial charge in [0.05, 0.1) is 22.4 Å². The van der Waals surface area contributed by atoms with Gasteiger partial charge in [-0.2, -0.15) is 5.26 Å². The third-order valence-electron chi connectivity index (χ3n) is 6.67. The van der Waals surface area contributed by atoms with E-state index in [2.05, 4.69) is 0 Å². The molecule has 2 fully saturated rings. The molecule has 0 aromatic heterocycles. The van der Waals surface area contributed by atoms with E-state index in [0.29, 0.717) is 35.3 Å². The molecule has 8 heteroatoms. The standard InChI is InChI=1S/C28H23ClFN3O2S/c1-17(2)35-22-9-5-18(6-10-22)23-11-8-21(15-25(23)30)33-27(36)32(26(34)28(33)12-3-13-28)20-7-4-19(16-31)24(29)14-20/h4-11,14-15,17H,3,12-13H2,1-2H3. The largest absolute Gasteiger partial charge is 0.491 e. The first-order valence-electron chi connectivity index (χ1n) is 11.7. The Morgan fingerprint density at radius 2 is 1.78 bits per heavy atom. The molecule has 3 aromatic rings. The van der Waals surface area contributed by atoms with E-state index in [-0.39, 0.29) is 22.1 Å². The zero-order chi connectivity index (χ0) is 25.6. The highest BCUT2D eigenvalue weighted by atomic mass is 35.5. The van der Waals surface area contributed by atoms with E-state index in [1.165, 1.54) is 11.0 Å². The topological polar surface area (TPSA) is 56.6 Å². The van der Waals surface area contributed by atoms with Gasteiger partial charge in [0.1, 0.15) is 23.2 Å². The van der Waals surface area contributed by atoms with E-state index in [4.69, 9.17) is 28.6 Å². The summed E-state index contributed by atoms with van der Waals surface area (Å²) in [4.78, 5) is 16.9. The first-order valence-corrected chi connectivity index (χ1v) is 12.5. The van der Waals surface area contributed by atoms with Crippen LogP contribution >= 0.6 is 23.8 Å². The van der Waals surface area contributed by atoms with Crippen molar-refractivity contribution < 1.29 is 13.9 Å². The molecule has 0 unspecified atom stereocenters. The second-order valence-corrected chi connectivity index (χ2v) is 10.0. The Kier molecular flexibility index (Phi) is 6.19. The number of thiocarbonyl (C=S) groups is 1. The van der Waals surface area contributed by atoms with Crippen LogP contribution in [0, 0.1) is 17.1 Å². The van der Waals surface area contributed by atoms with Crippen molar-refractivity contribution in [3.63, 3.8) is 0 Å². The van der Waals surface area contributed by atoms with Crippen molar-refractivity contribution in [2.24, 2.45) is 0 Å². The molecule has 0 atom stereocenters. The van der Waals surface area contributed by atoms with Crippen molar-refractivity contribution in [1.29, 1.82) is 5.26 Å². The van der Waals surface area contributed by atoms with Gasteiger partial charge in [0.25, 0.3) is 5.91 Å². The van der Waals surface area contributed by atoms with Gasteiger partial charge < -0.3 is 9.64 Å². The van der Waals surface area contributed by atoms with Crippen LogP contribution in [0.2, 0.25) is 5.02 Å². The number of carbonyl (C=O) groups excluding carboxylic acids is 1. The van der Waals surface area contributed by atoms with Gasteiger partial charge in [-0.3, -0.25) is 9.69 Å². The second kappa shape index (κ2) is 9.20. The molecule has 0 bridgehead atoms. The summed E-state index contributed by atoms with van der Waals surface area (Å²) >= 11 is 12.0. The zero-order valence-corrected chi connectivity index (χ0v) is 21.4. The van der Waals surface area contributed by atoms with Crippen LogP contribution < -0.4 is 14.5 Å². The maximum absolute atomic E-state index is 15.4. The summed E-state index contributed by atoms with van der Waals surface area (Å²) in [7, 11) is 0. The highest BCUT2D eigenvalue weighted by molar-refractivity contribution is 7.81. The maximum atomic E-state index is 15.4. The summed E-state index contributed by atoms with van der Waals surface area (Å²) in [6, 6.07) is 19.0. The summed E-state index contributed by atoms with van der Waals surface area (Å²) in [6.07, 6.45) is 2.16. The molecule has 36 heavy (non-hydrogen) atoms. The fraction of sp³-hybridized carbons (Fsp3) is 0.250. The van der Waals surface area contributed by atoms with Crippen molar-refractivity contribution in [3.8, 4) is 22.9 Å². The molecule has 1 amide bonds. The predicted octanol–water partition coefficient (Wildman–Crippen LogP) is 6.87. The molecular formula is C28H23ClFN3O2S. The molecule has 0 radical (unpaired) electrons. The zero-order valence-electron chi connectivity index (χ0n) is 19.8. The minimum atomic E-state index is -0.846. The molecule has 1 spiro atoms. The quantitative estimate of drug-likeness (QED) is 0.344. The van der Waals surface area contributed by atoms with Crippen molar-refractivity contribution in [2.45, 2.75) is 44.8 Å². The number of nitriles is 1. The summed E-state index contributed by atoms with van der Waals surface area (Å²) in [5.74, 6) is 0.154. The average Bonchev–Trinajstić information content (AvgIpc) is 3.06. The third kappa shape index (κ3) is 3.91. The van der Waals surface area contributed by atoms with Crippen LogP contribution in [0.4, 0.5) is 15.8 Å². The van der Waals surface area contributed by atoms with Gasteiger partial charge >= 0.3 is 0 Å². The Hall–Kier alpha value is -3.47. The van der Waals surface area contributed by atoms with Gasteiger partial charge in [-0.15, -0.1) is 0 Å². The lowest BCUT2D eigenvalue weighted by Crippen LogP contribution is -2.55. The SMILES string of the molecule is CC(C)Oc1ccc(-c2ccc(N3C(=S)N(c4ccc(C#N)c(Cl)c4)C(=O)C34CCC4)cc2F)cc1. The van der Waals surface area contributed by atoms with E-state index in [9.17, 15) is 10.1 Å². The van der Waals surface area contributed by atoms with Gasteiger partial charge in [-0.1, -0.05) is 23.7 Å². The number of nitrogens with zero attached hydrogens (tertiary/aromatic N) is 3. The molecule has 1 aliphatic heterocycles. The van der Waals surface area contributed by atoms with Crippen LogP contribution in [0.5, 0.6) is 5.75 Å². The number of benzene rings is 3. The Morgan fingerprint density at radius 1 is 1.08 bits per heavy atom. The van der Waals surface area contributed by atoms with Gasteiger partial charge in [0.15, 0.2) is 5.11 Å². The smallest absolute Gasteiger partial charge is 0.259 e. The fourth-order valence-corrected chi connectivity index (χ4v) is 5.49. The van der Waals surface area contributed by atoms with Gasteiger partial charge in [0.2, 0.25) is 0 Å². The van der Waals surface area contributed by atoms with E-state index in [1.807, 2.05) is 44.2 Å². The minimum Gasteiger partial charge on any atom is -0.491 e. The monoisotopic (exact) mass is 519 g/mol. The summed E-state index contributed by atoms with van der Waals surface area (Å²) in [6.45, 7) is 3.90. The number of amides is 1. The Morgan fingerprint density at radius 3 is 2.33 bits per heavy atom. The minimum absolute atomic E-state index is 0.0533. The number of ether oxygens (including phenoxy) is 1. The van der Waals surface area contributed by atoms with Gasteiger partial charge in [-0.25, -0.2) is 4.39 Å². The molecule has 5 nitrogen and oxygen atoms in total. The van der Waals surface area contributed by atoms with Crippen molar-refractivity contribution >= 4 is 46.2 Å². The first kappa shape index (κ1) is 24.2. The highest BCUT2D eigenvalue weighted by Gasteiger charge is 2.59. The number of hydrogen-bond acceptors (Lipinski definition) is 4. The van der Waals surface area contributed by atoms with Gasteiger partial charge in [0, 0.05) is 11.3 Å². The van der Waals surface area contributed by atoms with Crippen LogP contribution in [0.1, 0.15) is 38.7 Å². The van der Waals surface area contributed by atoms with E-state index >= 15 is 4.39 Å². The molecule has 3 aromatic carbocycles. The molecule has 1 saturated heterocycles. The van der Waals surface area contributed by atoms with Crippen LogP contribution in [0.25, 0.3) is 11.1 Å². The van der Waals surface area contributed by atoms with E-state index in [1.54, 1.807) is 35.2 Å². The van der Waals surface area contributed by atoms with Crippen molar-refractivity contribution in [1.82, 2.24) is 0 Å². The first-order chi connectivity index (χ1) is 17.2. The number of carbonyl (C=O) groups is 1. The maximum Gasteiger partial charge on any atom is 0.259 e. The summed E-state index contributed by atoms with van der Waals surface area (Å²) in [5, 5.41) is 9.70. The molecule has 2 aliphatic rings. The molecule has 182 valence electrons. The lowest BCUT2D eigenvalue weighted by Gasteiger charge is -2.43. The van der Waals surface area contributed by atoms with Gasteiger partial charge in [-0.05, 0) is 99.4 Å². The lowest BCUT2D eigenvalue weighted by atomic mass is 9.75. The molecule has 1 heterocycles. The van der Waals surface area contributed by atoms with Crippen molar-refractivity contribution in [2.75, 3.05) is 9.80 Å². The Labute approximate surface area is 219 Å². The van der Waals surface area contributed by atoms with Crippen molar-refractivity contribution in [3.05, 3.63) is 77.1 Å². The van der Waals surface area contributed by atoms with Crippen LogP contribution in [-0.4, -0.2) is 22.7 Å². The number of rotatable bonds is 5. The van der Waals surface area contributed by atoms with Crippen LogP contribution in [-0.2, 0) is 4.79 Å². The van der Waals surface area contributed by atoms with E-state index < -0.39 is 11.4 Å².